The summed E-state index contributed by atoms with van der Waals surface area (Å²) in [5, 5.41) is 11.2. The lowest BCUT2D eigenvalue weighted by molar-refractivity contribution is -0.00196. The number of benzene rings is 2. The van der Waals surface area contributed by atoms with E-state index in [1.165, 1.54) is 11.1 Å². The van der Waals surface area contributed by atoms with Gasteiger partial charge in [-0.1, -0.05) is 30.7 Å². The molecule has 2 aliphatic rings. The first-order valence-electron chi connectivity index (χ1n) is 10.1. The number of β-amino-alcohol motifs (C(OH)–C–C–N with tert-alkyl or cyclic N) is 1. The molecular formula is C23H28ClNO3. The lowest BCUT2D eigenvalue weighted by Crippen LogP contribution is -2.49. The topological polar surface area (TPSA) is 41.9 Å². The van der Waals surface area contributed by atoms with Crippen LogP contribution < -0.4 is 9.47 Å². The first kappa shape index (κ1) is 19.6. The van der Waals surface area contributed by atoms with Gasteiger partial charge in [0.05, 0.1) is 0 Å². The zero-order chi connectivity index (χ0) is 19.6. The van der Waals surface area contributed by atoms with Crippen LogP contribution in [0.15, 0.2) is 42.5 Å². The minimum absolute atomic E-state index is 0.106. The number of rotatable bonds is 6. The van der Waals surface area contributed by atoms with Crippen molar-refractivity contribution in [3.63, 3.8) is 0 Å². The van der Waals surface area contributed by atoms with Crippen molar-refractivity contribution in [2.24, 2.45) is 0 Å². The third-order valence-corrected chi connectivity index (χ3v) is 6.08. The number of likely N-dealkylation sites (tertiary alicyclic amines) is 1. The van der Waals surface area contributed by atoms with Gasteiger partial charge in [0.2, 0.25) is 0 Å². The van der Waals surface area contributed by atoms with Crippen molar-refractivity contribution < 1.29 is 14.6 Å². The predicted molar refractivity (Wildman–Crippen MR) is 112 cm³/mol. The number of hydrogen-bond acceptors (Lipinski definition) is 4. The molecule has 0 unspecified atom stereocenters. The number of hydrogen-bond donors (Lipinski definition) is 1. The standard InChI is InChI=1S/C23H28ClNO3/c1-2-17-4-3-5-21(12-17)27-16-20(26)15-25-10-8-23(9-11-25)14-18-13-19(24)6-7-22(18)28-23/h3-7,12-13,20,26H,2,8-11,14-16H2,1H3/t20-/m0/s1. The molecule has 0 amide bonds. The van der Waals surface area contributed by atoms with Crippen LogP contribution in [0, 0.1) is 0 Å². The number of ether oxygens (including phenoxy) is 2. The highest BCUT2D eigenvalue weighted by atomic mass is 35.5. The summed E-state index contributed by atoms with van der Waals surface area (Å²) < 4.78 is 12.1. The molecule has 2 aliphatic heterocycles. The van der Waals surface area contributed by atoms with Crippen molar-refractivity contribution in [3.8, 4) is 11.5 Å². The van der Waals surface area contributed by atoms with Crippen molar-refractivity contribution in [2.45, 2.75) is 44.3 Å². The first-order valence-corrected chi connectivity index (χ1v) is 10.5. The molecule has 1 spiro atoms. The first-order chi connectivity index (χ1) is 13.5. The molecule has 2 aromatic rings. The van der Waals surface area contributed by atoms with Crippen molar-refractivity contribution in [3.05, 3.63) is 58.6 Å². The van der Waals surface area contributed by atoms with Crippen LogP contribution in [0.4, 0.5) is 0 Å². The van der Waals surface area contributed by atoms with Gasteiger partial charge >= 0.3 is 0 Å². The van der Waals surface area contributed by atoms with Crippen molar-refractivity contribution >= 4 is 11.6 Å². The van der Waals surface area contributed by atoms with Crippen LogP contribution in [-0.4, -0.2) is 48.0 Å². The average Bonchev–Trinajstić information content (AvgIpc) is 3.05. The number of aliphatic hydroxyl groups is 1. The maximum Gasteiger partial charge on any atom is 0.123 e. The Hall–Kier alpha value is -1.75. The minimum Gasteiger partial charge on any atom is -0.491 e. The van der Waals surface area contributed by atoms with Gasteiger partial charge in [0.1, 0.15) is 29.8 Å². The third kappa shape index (κ3) is 4.45. The Morgan fingerprint density at radius 1 is 1.21 bits per heavy atom. The average molecular weight is 402 g/mol. The Kier molecular flexibility index (Phi) is 5.81. The highest BCUT2D eigenvalue weighted by Gasteiger charge is 2.42. The Balaban J connectivity index is 1.24. The van der Waals surface area contributed by atoms with Crippen LogP contribution in [0.25, 0.3) is 0 Å². The highest BCUT2D eigenvalue weighted by molar-refractivity contribution is 6.30. The molecule has 0 radical (unpaired) electrons. The van der Waals surface area contributed by atoms with E-state index in [0.29, 0.717) is 13.2 Å². The van der Waals surface area contributed by atoms with Gasteiger partial charge in [0.15, 0.2) is 0 Å². The zero-order valence-electron chi connectivity index (χ0n) is 16.4. The monoisotopic (exact) mass is 401 g/mol. The largest absolute Gasteiger partial charge is 0.491 e. The fourth-order valence-electron chi connectivity index (χ4n) is 4.22. The summed E-state index contributed by atoms with van der Waals surface area (Å²) >= 11 is 6.12. The summed E-state index contributed by atoms with van der Waals surface area (Å²) in [6.45, 7) is 4.91. The fourth-order valence-corrected chi connectivity index (χ4v) is 4.42. The fraction of sp³-hybridized carbons (Fsp3) is 0.478. The third-order valence-electron chi connectivity index (χ3n) is 5.85. The van der Waals surface area contributed by atoms with E-state index in [1.807, 2.05) is 36.4 Å². The van der Waals surface area contributed by atoms with Crippen LogP contribution >= 0.6 is 11.6 Å². The van der Waals surface area contributed by atoms with E-state index < -0.39 is 6.10 Å². The highest BCUT2D eigenvalue weighted by Crippen LogP contribution is 2.41. The smallest absolute Gasteiger partial charge is 0.123 e. The molecule has 1 atom stereocenters. The van der Waals surface area contributed by atoms with Gasteiger partial charge in [-0.3, -0.25) is 0 Å². The molecule has 1 N–H and O–H groups in total. The predicted octanol–water partition coefficient (Wildman–Crippen LogP) is 4.11. The summed E-state index contributed by atoms with van der Waals surface area (Å²) in [5.41, 5.74) is 2.35. The van der Waals surface area contributed by atoms with Crippen LogP contribution in [-0.2, 0) is 12.8 Å². The van der Waals surface area contributed by atoms with E-state index in [4.69, 9.17) is 21.1 Å². The Labute approximate surface area is 172 Å². The molecule has 2 heterocycles. The Morgan fingerprint density at radius 2 is 2.04 bits per heavy atom. The van der Waals surface area contributed by atoms with Gasteiger partial charge in [-0.15, -0.1) is 0 Å². The number of fused-ring (bicyclic) bond motifs is 1. The molecule has 4 rings (SSSR count). The summed E-state index contributed by atoms with van der Waals surface area (Å²) in [6, 6.07) is 14.0. The maximum atomic E-state index is 10.4. The molecular weight excluding hydrogens is 374 g/mol. The van der Waals surface area contributed by atoms with E-state index in [2.05, 4.69) is 17.9 Å². The van der Waals surface area contributed by atoms with Crippen LogP contribution in [0.3, 0.4) is 0 Å². The minimum atomic E-state index is -0.500. The summed E-state index contributed by atoms with van der Waals surface area (Å²) in [4.78, 5) is 2.31. The number of piperidine rings is 1. The molecule has 0 saturated carbocycles. The second kappa shape index (κ2) is 8.32. The maximum absolute atomic E-state index is 10.4. The molecule has 0 bridgehead atoms. The van der Waals surface area contributed by atoms with E-state index in [-0.39, 0.29) is 5.60 Å². The van der Waals surface area contributed by atoms with Gasteiger partial charge in [0.25, 0.3) is 0 Å². The van der Waals surface area contributed by atoms with Crippen LogP contribution in [0.5, 0.6) is 11.5 Å². The molecule has 0 aromatic heterocycles. The SMILES string of the molecule is CCc1cccc(OC[C@@H](O)CN2CCC3(CC2)Cc2cc(Cl)ccc2O3)c1. The molecule has 5 heteroatoms. The van der Waals surface area contributed by atoms with Crippen LogP contribution in [0.1, 0.15) is 30.9 Å². The van der Waals surface area contributed by atoms with E-state index >= 15 is 0 Å². The van der Waals surface area contributed by atoms with Crippen LogP contribution in [0.2, 0.25) is 5.02 Å². The number of aliphatic hydroxyl groups excluding tert-OH is 1. The quantitative estimate of drug-likeness (QED) is 0.790. The molecule has 150 valence electrons. The van der Waals surface area contributed by atoms with Crippen molar-refractivity contribution in [1.82, 2.24) is 4.90 Å². The normalized spacial score (nSPS) is 19.2. The molecule has 1 fully saturated rings. The summed E-state index contributed by atoms with van der Waals surface area (Å²) in [6.07, 6.45) is 3.33. The summed E-state index contributed by atoms with van der Waals surface area (Å²) in [7, 11) is 0. The van der Waals surface area contributed by atoms with Gasteiger partial charge < -0.3 is 19.5 Å². The van der Waals surface area contributed by atoms with Gasteiger partial charge in [0, 0.05) is 43.9 Å². The van der Waals surface area contributed by atoms with Gasteiger partial charge in [-0.25, -0.2) is 0 Å². The Bertz CT molecular complexity index is 817. The Morgan fingerprint density at radius 3 is 2.82 bits per heavy atom. The van der Waals surface area contributed by atoms with E-state index in [9.17, 15) is 5.11 Å². The van der Waals surface area contributed by atoms with Crippen molar-refractivity contribution in [1.29, 1.82) is 0 Å². The molecule has 0 aliphatic carbocycles. The summed E-state index contributed by atoms with van der Waals surface area (Å²) in [5.74, 6) is 1.80. The van der Waals surface area contributed by atoms with E-state index in [1.54, 1.807) is 0 Å². The number of aryl methyl sites for hydroxylation is 1. The number of halogens is 1. The molecule has 28 heavy (non-hydrogen) atoms. The second-order valence-electron chi connectivity index (χ2n) is 7.98. The second-order valence-corrected chi connectivity index (χ2v) is 8.42. The zero-order valence-corrected chi connectivity index (χ0v) is 17.1. The van der Waals surface area contributed by atoms with Crippen molar-refractivity contribution in [2.75, 3.05) is 26.2 Å². The molecule has 4 nitrogen and oxygen atoms in total. The van der Waals surface area contributed by atoms with Gasteiger partial charge in [-0.2, -0.15) is 0 Å². The molecule has 2 aromatic carbocycles. The van der Waals surface area contributed by atoms with Gasteiger partial charge in [-0.05, 0) is 47.9 Å². The molecule has 1 saturated heterocycles. The number of nitrogens with zero attached hydrogens (tertiary/aromatic N) is 1. The lowest BCUT2D eigenvalue weighted by Gasteiger charge is -2.39. The van der Waals surface area contributed by atoms with E-state index in [0.717, 1.165) is 55.3 Å². The lowest BCUT2D eigenvalue weighted by atomic mass is 9.87.